The number of aliphatic hydroxyl groups is 3. The molecule has 0 bridgehead atoms. The first-order valence-corrected chi connectivity index (χ1v) is 10.8. The van der Waals surface area contributed by atoms with E-state index in [1.165, 1.54) is 24.3 Å². The first-order valence-electron chi connectivity index (χ1n) is 10.1. The van der Waals surface area contributed by atoms with E-state index in [9.17, 15) is 29.3 Å². The molecule has 0 saturated carbocycles. The number of rotatable bonds is 5. The number of anilines is 1. The molecule has 1 atom stereocenters. The van der Waals surface area contributed by atoms with Crippen LogP contribution >= 0.6 is 23.2 Å². The Balaban J connectivity index is 1.85. The van der Waals surface area contributed by atoms with Gasteiger partial charge in [0.2, 0.25) is 0 Å². The van der Waals surface area contributed by atoms with Gasteiger partial charge in [-0.05, 0) is 36.8 Å². The predicted molar refractivity (Wildman–Crippen MR) is 124 cm³/mol. The van der Waals surface area contributed by atoms with Gasteiger partial charge in [0.25, 0.3) is 11.5 Å². The second-order valence-electron chi connectivity index (χ2n) is 8.06. The highest BCUT2D eigenvalue weighted by atomic mass is 35.5. The molecule has 1 aliphatic heterocycles. The summed E-state index contributed by atoms with van der Waals surface area (Å²) >= 11 is 12.5. The van der Waals surface area contributed by atoms with Crippen LogP contribution in [0.2, 0.25) is 10.0 Å². The number of carbonyl (C=O) groups is 1. The molecule has 1 amide bonds. The van der Waals surface area contributed by atoms with Gasteiger partial charge < -0.3 is 25.5 Å². The second kappa shape index (κ2) is 8.85. The van der Waals surface area contributed by atoms with Crippen LogP contribution in [-0.4, -0.2) is 48.8 Å². The first kappa shape index (κ1) is 25.0. The van der Waals surface area contributed by atoms with Gasteiger partial charge in [-0.1, -0.05) is 29.8 Å². The van der Waals surface area contributed by atoms with Gasteiger partial charge in [0.1, 0.15) is 12.1 Å². The molecule has 1 unspecified atom stereocenters. The molecule has 4 N–H and O–H groups in total. The van der Waals surface area contributed by atoms with Crippen molar-refractivity contribution < 1.29 is 28.9 Å². The Morgan fingerprint density at radius 1 is 1.23 bits per heavy atom. The lowest BCUT2D eigenvalue weighted by Crippen LogP contribution is -2.42. The van der Waals surface area contributed by atoms with Gasteiger partial charge >= 0.3 is 6.10 Å². The Bertz CT molecular complexity index is 1430. The molecule has 0 radical (unpaired) electrons. The van der Waals surface area contributed by atoms with Crippen molar-refractivity contribution in [1.29, 1.82) is 0 Å². The van der Waals surface area contributed by atoms with Crippen LogP contribution in [0, 0.1) is 5.82 Å². The Morgan fingerprint density at radius 2 is 1.94 bits per heavy atom. The average Bonchev–Trinajstić information content (AvgIpc) is 3.20. The van der Waals surface area contributed by atoms with E-state index in [4.69, 9.17) is 23.2 Å². The zero-order chi connectivity index (χ0) is 25.7. The summed E-state index contributed by atoms with van der Waals surface area (Å²) in [6.07, 6.45) is -2.64. The number of nitrogens with zero attached hydrogens (tertiary/aromatic N) is 3. The van der Waals surface area contributed by atoms with Crippen molar-refractivity contribution >= 4 is 45.7 Å². The molecule has 1 aromatic heterocycles. The maximum absolute atomic E-state index is 15.1. The summed E-state index contributed by atoms with van der Waals surface area (Å²) in [5.74, 6) is -2.88. The Labute approximate surface area is 206 Å². The van der Waals surface area contributed by atoms with Crippen molar-refractivity contribution in [2.24, 2.45) is 0 Å². The molecule has 9 nitrogen and oxygen atoms in total. The molecule has 1 fully saturated rings. The number of fused-ring (bicyclic) bond motifs is 1. The number of amides is 1. The third-order valence-electron chi connectivity index (χ3n) is 5.78. The number of aromatic nitrogens is 2. The second-order valence-corrected chi connectivity index (χ2v) is 8.84. The highest BCUT2D eigenvalue weighted by Gasteiger charge is 2.45. The molecule has 4 rings (SSSR count). The monoisotopic (exact) mass is 526 g/mol. The predicted octanol–water partition coefficient (Wildman–Crippen LogP) is 2.41. The molecular formula is C22H18Cl2F2N4O5. The molecule has 13 heteroatoms. The van der Waals surface area contributed by atoms with Crippen LogP contribution in [0.1, 0.15) is 12.0 Å². The van der Waals surface area contributed by atoms with E-state index < -0.39 is 34.7 Å². The molecule has 184 valence electrons. The highest BCUT2D eigenvalue weighted by Crippen LogP contribution is 2.43. The quantitative estimate of drug-likeness (QED) is 0.228. The zero-order valence-electron chi connectivity index (χ0n) is 17.8. The molecule has 1 saturated heterocycles. The third kappa shape index (κ3) is 4.48. The molecule has 35 heavy (non-hydrogen) atoms. The van der Waals surface area contributed by atoms with Gasteiger partial charge in [-0.3, -0.25) is 9.59 Å². The minimum Gasteiger partial charge on any atom is -0.374 e. The lowest BCUT2D eigenvalue weighted by atomic mass is 9.87. The molecular weight excluding hydrogens is 509 g/mol. The fourth-order valence-electron chi connectivity index (χ4n) is 4.18. The molecule has 0 aliphatic carbocycles. The average molecular weight is 527 g/mol. The number of halogens is 4. The van der Waals surface area contributed by atoms with Gasteiger partial charge in [-0.15, -0.1) is 0 Å². The van der Waals surface area contributed by atoms with E-state index in [1.54, 1.807) is 0 Å². The number of carbonyl (C=O) groups excluding carboxylic acids is 1. The number of benzene rings is 2. The van der Waals surface area contributed by atoms with Crippen molar-refractivity contribution in [1.82, 2.24) is 14.5 Å². The van der Waals surface area contributed by atoms with Crippen LogP contribution in [0.25, 0.3) is 10.9 Å². The van der Waals surface area contributed by atoms with Crippen LogP contribution < -0.4 is 10.9 Å². The number of hydrogen-bond donors (Lipinski definition) is 4. The SMILES string of the molecule is C=C(F)C(=O)N1CCC(Nc2ccc3ncn(C(O)(O)O)c(=O)c3c2)(c2c(F)ccc(Cl)c2Cl)C1. The van der Waals surface area contributed by atoms with Crippen LogP contribution in [-0.2, 0) is 16.4 Å². The first-order chi connectivity index (χ1) is 16.3. The lowest BCUT2D eigenvalue weighted by Gasteiger charge is -2.33. The Kier molecular flexibility index (Phi) is 6.32. The van der Waals surface area contributed by atoms with E-state index in [2.05, 4.69) is 16.9 Å². The Morgan fingerprint density at radius 3 is 2.60 bits per heavy atom. The summed E-state index contributed by atoms with van der Waals surface area (Å²) in [6, 6.07) is 6.62. The van der Waals surface area contributed by atoms with Crippen LogP contribution in [0.3, 0.4) is 0 Å². The van der Waals surface area contributed by atoms with Crippen molar-refractivity contribution in [2.45, 2.75) is 18.1 Å². The van der Waals surface area contributed by atoms with Crippen LogP contribution in [0.4, 0.5) is 14.5 Å². The fourth-order valence-corrected chi connectivity index (χ4v) is 4.67. The fraction of sp³-hybridized carbons (Fsp3) is 0.227. The lowest BCUT2D eigenvalue weighted by molar-refractivity contribution is -0.377. The van der Waals surface area contributed by atoms with Gasteiger partial charge in [-0.25, -0.2) is 18.3 Å². The smallest absolute Gasteiger partial charge is 0.374 e. The Hall–Kier alpha value is -3.09. The largest absolute Gasteiger partial charge is 0.377 e. The van der Waals surface area contributed by atoms with E-state index in [-0.39, 0.29) is 56.3 Å². The molecule has 0 spiro atoms. The summed E-state index contributed by atoms with van der Waals surface area (Å²) in [5, 5.41) is 31.1. The standard InChI is InChI=1S/C22H18Cl2F2N4O5/c1-11(25)19(31)29-7-6-21(9-29,17-15(26)4-3-14(23)18(17)24)28-12-2-5-16-13(8-12)20(32)30(10-27-16)22(33,34)35/h2-5,8,10,28,33-35H,1,6-7,9H2. The third-order valence-corrected chi connectivity index (χ3v) is 6.58. The van der Waals surface area contributed by atoms with E-state index in [0.29, 0.717) is 0 Å². The van der Waals surface area contributed by atoms with Gasteiger partial charge in [0.15, 0.2) is 5.83 Å². The maximum Gasteiger partial charge on any atom is 0.377 e. The van der Waals surface area contributed by atoms with E-state index in [1.807, 2.05) is 0 Å². The summed E-state index contributed by atoms with van der Waals surface area (Å²) in [6.45, 7) is 2.84. The van der Waals surface area contributed by atoms with E-state index in [0.717, 1.165) is 17.3 Å². The molecule has 1 aliphatic rings. The highest BCUT2D eigenvalue weighted by molar-refractivity contribution is 6.42. The summed E-state index contributed by atoms with van der Waals surface area (Å²) in [5.41, 5.74) is -2.03. The number of hydrogen-bond acceptors (Lipinski definition) is 7. The molecule has 2 aromatic carbocycles. The summed E-state index contributed by atoms with van der Waals surface area (Å²) in [4.78, 5) is 30.0. The van der Waals surface area contributed by atoms with Crippen molar-refractivity contribution in [3.63, 3.8) is 0 Å². The minimum atomic E-state index is -3.48. The van der Waals surface area contributed by atoms with Gasteiger partial charge in [0.05, 0.1) is 26.5 Å². The van der Waals surface area contributed by atoms with Crippen LogP contribution in [0.5, 0.6) is 0 Å². The zero-order valence-corrected chi connectivity index (χ0v) is 19.3. The van der Waals surface area contributed by atoms with Crippen molar-refractivity contribution in [3.8, 4) is 0 Å². The molecule has 2 heterocycles. The van der Waals surface area contributed by atoms with Crippen molar-refractivity contribution in [3.05, 3.63) is 80.8 Å². The topological polar surface area (TPSA) is 128 Å². The summed E-state index contributed by atoms with van der Waals surface area (Å²) < 4.78 is 28.9. The van der Waals surface area contributed by atoms with Gasteiger partial charge in [0, 0.05) is 24.3 Å². The van der Waals surface area contributed by atoms with E-state index >= 15 is 4.39 Å². The number of likely N-dealkylation sites (tertiary alicyclic amines) is 1. The number of nitrogens with one attached hydrogen (secondary N) is 1. The molecule has 3 aromatic rings. The normalized spacial score (nSPS) is 18.2. The minimum absolute atomic E-state index is 0.0288. The maximum atomic E-state index is 15.1. The van der Waals surface area contributed by atoms with Crippen molar-refractivity contribution in [2.75, 3.05) is 18.4 Å². The van der Waals surface area contributed by atoms with Crippen LogP contribution in [0.15, 0.2) is 53.9 Å². The summed E-state index contributed by atoms with van der Waals surface area (Å²) in [7, 11) is 0. The van der Waals surface area contributed by atoms with Gasteiger partial charge in [-0.2, -0.15) is 0 Å².